The maximum absolute atomic E-state index is 12.9. The van der Waals surface area contributed by atoms with Gasteiger partial charge in [-0.05, 0) is 67.7 Å². The first-order chi connectivity index (χ1) is 17.1. The maximum Gasteiger partial charge on any atom is 0.319 e. The number of carbonyl (C=O) groups is 2. The molecule has 2 atom stereocenters. The second-order valence-electron chi connectivity index (χ2n) is 9.04. The van der Waals surface area contributed by atoms with Crippen LogP contribution in [0.15, 0.2) is 36.4 Å². The first kappa shape index (κ1) is 26.0. The summed E-state index contributed by atoms with van der Waals surface area (Å²) in [6.45, 7) is 3.35. The van der Waals surface area contributed by atoms with Crippen LogP contribution in [0.5, 0.6) is 0 Å². The van der Waals surface area contributed by atoms with Gasteiger partial charge in [-0.3, -0.25) is 4.79 Å². The molecule has 1 aromatic carbocycles. The number of urea groups is 1. The standard InChI is InChI=1S/C26H35N3O4S2/c1-2-14-27-25(31)28-20-9-7-8-19(17-20)21-11-12-22(35-21)26(13-4-6-16-34-26)18-23(30)29-33-24-10-3-5-15-32-24/h7-9,11-12,17,24H,2-6,10,13-16,18H2,1H3,(H,29,30)(H2,27,28,31)/t24?,26-/m0/s1. The number of hydroxylamine groups is 1. The van der Waals surface area contributed by atoms with Gasteiger partial charge in [0, 0.05) is 41.4 Å². The van der Waals surface area contributed by atoms with E-state index in [0.717, 1.165) is 60.4 Å². The molecule has 3 N–H and O–H groups in total. The van der Waals surface area contributed by atoms with E-state index in [-0.39, 0.29) is 23.0 Å². The maximum atomic E-state index is 12.9. The van der Waals surface area contributed by atoms with E-state index in [1.807, 2.05) is 36.9 Å². The molecule has 0 bridgehead atoms. The Morgan fingerprint density at radius 2 is 2.09 bits per heavy atom. The Hall–Kier alpha value is -2.07. The Morgan fingerprint density at radius 3 is 2.86 bits per heavy atom. The highest BCUT2D eigenvalue weighted by Gasteiger charge is 2.38. The van der Waals surface area contributed by atoms with Crippen LogP contribution in [0.1, 0.15) is 63.2 Å². The van der Waals surface area contributed by atoms with Crippen LogP contribution in [0, 0.1) is 0 Å². The molecule has 0 radical (unpaired) electrons. The highest BCUT2D eigenvalue weighted by molar-refractivity contribution is 8.00. The molecule has 0 aliphatic carbocycles. The van der Waals surface area contributed by atoms with Gasteiger partial charge >= 0.3 is 6.03 Å². The third-order valence-electron chi connectivity index (χ3n) is 6.24. The Balaban J connectivity index is 1.44. The third-order valence-corrected chi connectivity index (χ3v) is 9.32. The van der Waals surface area contributed by atoms with E-state index in [9.17, 15) is 9.59 Å². The lowest BCUT2D eigenvalue weighted by atomic mass is 9.94. The number of amides is 3. The zero-order valence-corrected chi connectivity index (χ0v) is 21.9. The fraction of sp³-hybridized carbons (Fsp3) is 0.538. The van der Waals surface area contributed by atoms with Crippen LogP contribution in [0.25, 0.3) is 10.4 Å². The lowest BCUT2D eigenvalue weighted by Gasteiger charge is -2.35. The molecule has 3 heterocycles. The molecule has 2 fully saturated rings. The Labute approximate surface area is 215 Å². The molecule has 1 aromatic heterocycles. The topological polar surface area (TPSA) is 88.7 Å². The molecule has 7 nitrogen and oxygen atoms in total. The number of hydrogen-bond donors (Lipinski definition) is 3. The molecule has 2 aliphatic rings. The summed E-state index contributed by atoms with van der Waals surface area (Å²) in [5.41, 5.74) is 4.46. The first-order valence-electron chi connectivity index (χ1n) is 12.5. The molecule has 3 amide bonds. The summed E-state index contributed by atoms with van der Waals surface area (Å²) >= 11 is 3.60. The van der Waals surface area contributed by atoms with Crippen LogP contribution in [-0.4, -0.2) is 37.1 Å². The van der Waals surface area contributed by atoms with Crippen molar-refractivity contribution in [1.82, 2.24) is 10.8 Å². The van der Waals surface area contributed by atoms with Crippen molar-refractivity contribution >= 4 is 40.7 Å². The number of ether oxygens (including phenoxy) is 1. The van der Waals surface area contributed by atoms with Crippen LogP contribution >= 0.6 is 23.1 Å². The smallest absolute Gasteiger partial charge is 0.319 e. The van der Waals surface area contributed by atoms with Gasteiger partial charge in [0.25, 0.3) is 0 Å². The van der Waals surface area contributed by atoms with Gasteiger partial charge in [-0.15, -0.1) is 23.1 Å². The van der Waals surface area contributed by atoms with Crippen molar-refractivity contribution in [2.75, 3.05) is 24.2 Å². The summed E-state index contributed by atoms with van der Waals surface area (Å²) in [6, 6.07) is 12.0. The summed E-state index contributed by atoms with van der Waals surface area (Å²) in [7, 11) is 0. The second kappa shape index (κ2) is 12.8. The highest BCUT2D eigenvalue weighted by Crippen LogP contribution is 2.51. The number of nitrogens with one attached hydrogen (secondary N) is 3. The quantitative estimate of drug-likeness (QED) is 0.354. The van der Waals surface area contributed by atoms with Gasteiger partial charge in [-0.1, -0.05) is 25.5 Å². The Bertz CT molecular complexity index is 984. The minimum atomic E-state index is -0.346. The summed E-state index contributed by atoms with van der Waals surface area (Å²) in [6.07, 6.45) is 7.07. The first-order valence-corrected chi connectivity index (χ1v) is 14.3. The number of thioether (sulfide) groups is 1. The monoisotopic (exact) mass is 517 g/mol. The van der Waals surface area contributed by atoms with Gasteiger partial charge in [-0.25, -0.2) is 15.1 Å². The van der Waals surface area contributed by atoms with Crippen LogP contribution in [0.2, 0.25) is 0 Å². The van der Waals surface area contributed by atoms with Gasteiger partial charge in [0.15, 0.2) is 6.29 Å². The van der Waals surface area contributed by atoms with Crippen molar-refractivity contribution in [1.29, 1.82) is 0 Å². The lowest BCUT2D eigenvalue weighted by Crippen LogP contribution is -2.37. The van der Waals surface area contributed by atoms with E-state index in [4.69, 9.17) is 9.57 Å². The van der Waals surface area contributed by atoms with Gasteiger partial charge in [0.2, 0.25) is 5.91 Å². The molecule has 1 unspecified atom stereocenters. The summed E-state index contributed by atoms with van der Waals surface area (Å²) < 4.78 is 5.31. The van der Waals surface area contributed by atoms with Crippen LogP contribution in [-0.2, 0) is 19.1 Å². The van der Waals surface area contributed by atoms with Crippen LogP contribution in [0.4, 0.5) is 10.5 Å². The number of benzene rings is 1. The predicted molar refractivity (Wildman–Crippen MR) is 142 cm³/mol. The number of carbonyl (C=O) groups excluding carboxylic acids is 2. The molecule has 4 rings (SSSR count). The lowest BCUT2D eigenvalue weighted by molar-refractivity contribution is -0.200. The predicted octanol–water partition coefficient (Wildman–Crippen LogP) is 6.02. The van der Waals surface area contributed by atoms with Crippen molar-refractivity contribution < 1.29 is 19.2 Å². The van der Waals surface area contributed by atoms with E-state index >= 15 is 0 Å². The van der Waals surface area contributed by atoms with Crippen LogP contribution in [0.3, 0.4) is 0 Å². The molecule has 2 aromatic rings. The van der Waals surface area contributed by atoms with Crippen molar-refractivity contribution in [3.8, 4) is 10.4 Å². The molecule has 35 heavy (non-hydrogen) atoms. The van der Waals surface area contributed by atoms with Gasteiger partial charge < -0.3 is 15.4 Å². The molecule has 9 heteroatoms. The fourth-order valence-electron chi connectivity index (χ4n) is 4.41. The SMILES string of the molecule is CCCNC(=O)Nc1cccc(-c2ccc([C@@]3(CC(=O)NOC4CCCCO4)CCCCS3)s2)c1. The molecular formula is C26H35N3O4S2. The molecule has 2 saturated heterocycles. The molecule has 2 aliphatic heterocycles. The minimum absolute atomic E-state index is 0.104. The number of thiophene rings is 1. The zero-order valence-electron chi connectivity index (χ0n) is 20.3. The minimum Gasteiger partial charge on any atom is -0.350 e. The van der Waals surface area contributed by atoms with E-state index in [0.29, 0.717) is 19.6 Å². The fourth-order valence-corrected chi connectivity index (χ4v) is 7.29. The second-order valence-corrected chi connectivity index (χ2v) is 11.6. The van der Waals surface area contributed by atoms with Crippen molar-refractivity contribution in [2.24, 2.45) is 0 Å². The van der Waals surface area contributed by atoms with Gasteiger partial charge in [-0.2, -0.15) is 0 Å². The Morgan fingerprint density at radius 1 is 1.17 bits per heavy atom. The summed E-state index contributed by atoms with van der Waals surface area (Å²) in [5.74, 6) is 0.937. The largest absolute Gasteiger partial charge is 0.350 e. The van der Waals surface area contributed by atoms with Crippen LogP contribution < -0.4 is 16.1 Å². The molecular weight excluding hydrogens is 482 g/mol. The average molecular weight is 518 g/mol. The van der Waals surface area contributed by atoms with Gasteiger partial charge in [0.1, 0.15) is 0 Å². The molecule has 190 valence electrons. The van der Waals surface area contributed by atoms with Crippen molar-refractivity contribution in [3.63, 3.8) is 0 Å². The van der Waals surface area contributed by atoms with E-state index in [2.05, 4.69) is 34.3 Å². The normalized spacial score (nSPS) is 22.4. The summed E-state index contributed by atoms with van der Waals surface area (Å²) in [5, 5.41) is 5.74. The average Bonchev–Trinajstić information content (AvgIpc) is 3.39. The van der Waals surface area contributed by atoms with E-state index in [1.54, 1.807) is 11.3 Å². The third kappa shape index (κ3) is 7.22. The van der Waals surface area contributed by atoms with E-state index < -0.39 is 0 Å². The zero-order chi connectivity index (χ0) is 24.5. The summed E-state index contributed by atoms with van der Waals surface area (Å²) in [4.78, 5) is 32.8. The molecule has 0 saturated carbocycles. The van der Waals surface area contributed by atoms with Crippen molar-refractivity contribution in [2.45, 2.75) is 69.3 Å². The Kier molecular flexibility index (Phi) is 9.48. The highest BCUT2D eigenvalue weighted by atomic mass is 32.2. The van der Waals surface area contributed by atoms with E-state index in [1.165, 1.54) is 11.3 Å². The van der Waals surface area contributed by atoms with Gasteiger partial charge in [0.05, 0.1) is 4.75 Å². The van der Waals surface area contributed by atoms with Crippen molar-refractivity contribution in [3.05, 3.63) is 41.3 Å². The number of rotatable bonds is 9. The molecule has 0 spiro atoms. The number of anilines is 1. The number of hydrogen-bond acceptors (Lipinski definition) is 6.